The van der Waals surface area contributed by atoms with Crippen LogP contribution in [0.25, 0.3) is 5.03 Å². The van der Waals surface area contributed by atoms with Crippen LogP contribution in [0.3, 0.4) is 0 Å². The number of halogens is 1. The molecule has 102 valence electrons. The molecule has 0 aliphatic heterocycles. The molecule has 19 heavy (non-hydrogen) atoms. The molecule has 0 radical (unpaired) electrons. The average Bonchev–Trinajstić information content (AvgIpc) is 2.44. The Morgan fingerprint density at radius 1 is 1.32 bits per heavy atom. The zero-order valence-electron chi connectivity index (χ0n) is 10.8. The van der Waals surface area contributed by atoms with Gasteiger partial charge in [-0.15, -0.1) is 0 Å². The highest BCUT2D eigenvalue weighted by molar-refractivity contribution is 6.50. The van der Waals surface area contributed by atoms with Crippen molar-refractivity contribution in [2.45, 2.75) is 13.3 Å². The van der Waals surface area contributed by atoms with Crippen molar-refractivity contribution in [3.63, 3.8) is 0 Å². The lowest BCUT2D eigenvalue weighted by molar-refractivity contribution is -0.142. The zero-order valence-corrected chi connectivity index (χ0v) is 11.6. The third kappa shape index (κ3) is 4.41. The standard InChI is InChI=1S/C14H15ClO4/c1-3-19-13(17)8-11(9-16)14(15)10-4-6-12(18-2)7-5-10/h4-7,9H,3,8H2,1-2H3. The van der Waals surface area contributed by atoms with Crippen molar-refractivity contribution < 1.29 is 19.1 Å². The van der Waals surface area contributed by atoms with E-state index in [0.717, 1.165) is 0 Å². The van der Waals surface area contributed by atoms with Crippen LogP contribution >= 0.6 is 11.6 Å². The highest BCUT2D eigenvalue weighted by Gasteiger charge is 2.12. The molecule has 0 heterocycles. The Morgan fingerprint density at radius 3 is 2.42 bits per heavy atom. The Bertz CT molecular complexity index is 477. The monoisotopic (exact) mass is 282 g/mol. The fraction of sp³-hybridized carbons (Fsp3) is 0.286. The minimum Gasteiger partial charge on any atom is -0.497 e. The first-order valence-electron chi connectivity index (χ1n) is 5.76. The van der Waals surface area contributed by atoms with Crippen LogP contribution in [0.5, 0.6) is 5.75 Å². The number of carbonyl (C=O) groups excluding carboxylic acids is 2. The van der Waals surface area contributed by atoms with E-state index in [9.17, 15) is 9.59 Å². The van der Waals surface area contributed by atoms with Gasteiger partial charge < -0.3 is 9.47 Å². The Kier molecular flexibility index (Phi) is 6.09. The number of benzene rings is 1. The summed E-state index contributed by atoms with van der Waals surface area (Å²) in [5.41, 5.74) is 0.846. The number of methoxy groups -OCH3 is 1. The fourth-order valence-corrected chi connectivity index (χ4v) is 1.70. The summed E-state index contributed by atoms with van der Waals surface area (Å²) < 4.78 is 9.82. The molecule has 0 atom stereocenters. The van der Waals surface area contributed by atoms with Crippen molar-refractivity contribution in [1.29, 1.82) is 0 Å². The molecule has 0 bridgehead atoms. The second-order valence-electron chi connectivity index (χ2n) is 3.67. The zero-order chi connectivity index (χ0) is 14.3. The number of aldehydes is 1. The number of esters is 1. The first-order chi connectivity index (χ1) is 9.12. The molecule has 0 aliphatic rings. The molecule has 0 spiro atoms. The molecular weight excluding hydrogens is 268 g/mol. The third-order valence-corrected chi connectivity index (χ3v) is 2.87. The van der Waals surface area contributed by atoms with Crippen molar-refractivity contribution >= 4 is 28.9 Å². The SMILES string of the molecule is CCOC(=O)CC(C=O)=C(Cl)c1ccc(OC)cc1. The van der Waals surface area contributed by atoms with Gasteiger partial charge in [0.15, 0.2) is 0 Å². The maximum Gasteiger partial charge on any atom is 0.310 e. The first-order valence-corrected chi connectivity index (χ1v) is 6.14. The van der Waals surface area contributed by atoms with E-state index in [1.165, 1.54) is 0 Å². The predicted molar refractivity (Wildman–Crippen MR) is 73.1 cm³/mol. The van der Waals surface area contributed by atoms with Crippen molar-refractivity contribution in [1.82, 2.24) is 0 Å². The molecule has 0 aliphatic carbocycles. The van der Waals surface area contributed by atoms with Crippen LogP contribution < -0.4 is 4.74 Å². The summed E-state index contributed by atoms with van der Waals surface area (Å²) in [6.07, 6.45) is 0.436. The second kappa shape index (κ2) is 7.59. The number of rotatable bonds is 6. The molecule has 1 rings (SSSR count). The molecule has 0 amide bonds. The minimum absolute atomic E-state index is 0.137. The summed E-state index contributed by atoms with van der Waals surface area (Å²) in [6.45, 7) is 1.97. The van der Waals surface area contributed by atoms with Gasteiger partial charge in [-0.2, -0.15) is 0 Å². The van der Waals surface area contributed by atoms with Gasteiger partial charge in [-0.1, -0.05) is 11.6 Å². The first kappa shape index (κ1) is 15.2. The number of carbonyl (C=O) groups is 2. The van der Waals surface area contributed by atoms with E-state index in [-0.39, 0.29) is 23.6 Å². The highest BCUT2D eigenvalue weighted by atomic mass is 35.5. The van der Waals surface area contributed by atoms with E-state index in [1.807, 2.05) is 0 Å². The molecule has 5 heteroatoms. The van der Waals surface area contributed by atoms with E-state index in [1.54, 1.807) is 38.3 Å². The predicted octanol–water partition coefficient (Wildman–Crippen LogP) is 2.80. The topological polar surface area (TPSA) is 52.6 Å². The van der Waals surface area contributed by atoms with E-state index < -0.39 is 5.97 Å². The molecule has 0 saturated carbocycles. The van der Waals surface area contributed by atoms with Gasteiger partial charge in [0, 0.05) is 5.57 Å². The van der Waals surface area contributed by atoms with Crippen LogP contribution in [-0.2, 0) is 14.3 Å². The van der Waals surface area contributed by atoms with Gasteiger partial charge in [0.1, 0.15) is 12.0 Å². The summed E-state index contributed by atoms with van der Waals surface area (Å²) >= 11 is 6.11. The van der Waals surface area contributed by atoms with E-state index in [2.05, 4.69) is 0 Å². The largest absolute Gasteiger partial charge is 0.497 e. The molecule has 1 aromatic rings. The molecule has 4 nitrogen and oxygen atoms in total. The quantitative estimate of drug-likeness (QED) is 0.457. The number of hydrogen-bond acceptors (Lipinski definition) is 4. The number of hydrogen-bond donors (Lipinski definition) is 0. The molecule has 0 unspecified atom stereocenters. The lowest BCUT2D eigenvalue weighted by Gasteiger charge is -2.06. The van der Waals surface area contributed by atoms with Gasteiger partial charge in [-0.05, 0) is 36.8 Å². The van der Waals surface area contributed by atoms with Crippen LogP contribution in [0.2, 0.25) is 0 Å². The van der Waals surface area contributed by atoms with Crippen LogP contribution in [0.1, 0.15) is 18.9 Å². The Balaban J connectivity index is 2.95. The summed E-state index contributed by atoms with van der Waals surface area (Å²) in [5, 5.41) is 0.241. The smallest absolute Gasteiger partial charge is 0.310 e. The average molecular weight is 283 g/mol. The van der Waals surface area contributed by atoms with Gasteiger partial charge in [-0.25, -0.2) is 0 Å². The Morgan fingerprint density at radius 2 is 1.95 bits per heavy atom. The van der Waals surface area contributed by atoms with Crippen molar-refractivity contribution in [3.8, 4) is 5.75 Å². The molecule has 1 aromatic carbocycles. The van der Waals surface area contributed by atoms with E-state index in [0.29, 0.717) is 17.6 Å². The van der Waals surface area contributed by atoms with Crippen LogP contribution in [-0.4, -0.2) is 26.0 Å². The van der Waals surface area contributed by atoms with Gasteiger partial charge >= 0.3 is 5.97 Å². The third-order valence-electron chi connectivity index (χ3n) is 2.41. The summed E-state index contributed by atoms with van der Waals surface area (Å²) in [4.78, 5) is 22.4. The van der Waals surface area contributed by atoms with Crippen LogP contribution in [0.15, 0.2) is 29.8 Å². The molecular formula is C14H15ClO4. The Hall–Kier alpha value is -1.81. The molecule has 0 fully saturated rings. The highest BCUT2D eigenvalue weighted by Crippen LogP contribution is 2.26. The maximum atomic E-state index is 11.4. The molecule has 0 saturated heterocycles. The fourth-order valence-electron chi connectivity index (χ4n) is 1.46. The van der Waals surface area contributed by atoms with Crippen molar-refractivity contribution in [2.24, 2.45) is 0 Å². The van der Waals surface area contributed by atoms with Crippen molar-refractivity contribution in [2.75, 3.05) is 13.7 Å². The van der Waals surface area contributed by atoms with Gasteiger partial charge in [0.05, 0.1) is 25.2 Å². The molecule has 0 N–H and O–H groups in total. The van der Waals surface area contributed by atoms with Crippen molar-refractivity contribution in [3.05, 3.63) is 35.4 Å². The second-order valence-corrected chi connectivity index (χ2v) is 4.05. The van der Waals surface area contributed by atoms with Gasteiger partial charge in [0.25, 0.3) is 0 Å². The maximum absolute atomic E-state index is 11.4. The van der Waals surface area contributed by atoms with E-state index in [4.69, 9.17) is 21.1 Å². The van der Waals surface area contributed by atoms with Gasteiger partial charge in [0.2, 0.25) is 0 Å². The lowest BCUT2D eigenvalue weighted by atomic mass is 10.1. The lowest BCUT2D eigenvalue weighted by Crippen LogP contribution is -2.06. The minimum atomic E-state index is -0.476. The van der Waals surface area contributed by atoms with E-state index >= 15 is 0 Å². The van der Waals surface area contributed by atoms with Gasteiger partial charge in [-0.3, -0.25) is 9.59 Å². The normalized spacial score (nSPS) is 11.5. The number of ether oxygens (including phenoxy) is 2. The van der Waals surface area contributed by atoms with Crippen LogP contribution in [0, 0.1) is 0 Å². The summed E-state index contributed by atoms with van der Waals surface area (Å²) in [5.74, 6) is 0.211. The summed E-state index contributed by atoms with van der Waals surface area (Å²) in [7, 11) is 1.56. The summed E-state index contributed by atoms with van der Waals surface area (Å²) in [6, 6.07) is 6.89. The van der Waals surface area contributed by atoms with Crippen LogP contribution in [0.4, 0.5) is 0 Å². The Labute approximate surface area is 117 Å². The molecule has 0 aromatic heterocycles.